The molecule has 1 N–H and O–H groups in total. The molecule has 0 heterocycles. The Bertz CT molecular complexity index is 537. The molecule has 0 bridgehead atoms. The Hall–Kier alpha value is -1.90. The molecule has 2 rings (SSSR count). The molecule has 1 aliphatic carbocycles. The first kappa shape index (κ1) is 16.5. The Balaban J connectivity index is 1.88. The van der Waals surface area contributed by atoms with Gasteiger partial charge in [0.25, 0.3) is 0 Å². The van der Waals surface area contributed by atoms with Crippen LogP contribution in [-0.4, -0.2) is 17.7 Å². The Morgan fingerprint density at radius 3 is 2.27 bits per heavy atom. The van der Waals surface area contributed by atoms with E-state index in [2.05, 4.69) is 19.2 Å². The van der Waals surface area contributed by atoms with Crippen LogP contribution in [0, 0.1) is 0 Å². The van der Waals surface area contributed by atoms with E-state index in [0.717, 1.165) is 12.8 Å². The number of hydrogen-bond donors (Lipinski definition) is 1. The molecule has 0 aromatic heterocycles. The van der Waals surface area contributed by atoms with E-state index < -0.39 is 0 Å². The number of allylic oxidation sites excluding steroid dienone is 1. The van der Waals surface area contributed by atoms with Gasteiger partial charge in [0.1, 0.15) is 0 Å². The Labute approximate surface area is 132 Å². The van der Waals surface area contributed by atoms with Gasteiger partial charge in [0.2, 0.25) is 5.91 Å². The summed E-state index contributed by atoms with van der Waals surface area (Å²) in [6, 6.07) is 7.84. The van der Waals surface area contributed by atoms with Crippen LogP contribution in [0.2, 0.25) is 0 Å². The number of rotatable bonds is 5. The average Bonchev–Trinajstić information content (AvgIpc) is 2.53. The van der Waals surface area contributed by atoms with E-state index in [4.69, 9.17) is 0 Å². The standard InChI is InChI=1S/C19H25NO2/c1-14(2)15-8-10-16(11-9-15)18(21)12-13-19(22)20-17-6-4-3-5-7-17/h8-14,17H,3-7H2,1-2H3,(H,20,22)/b13-12+. The largest absolute Gasteiger partial charge is 0.350 e. The zero-order chi connectivity index (χ0) is 15.9. The van der Waals surface area contributed by atoms with Crippen molar-refractivity contribution in [3.8, 4) is 0 Å². The highest BCUT2D eigenvalue weighted by Crippen LogP contribution is 2.17. The molecule has 1 aromatic carbocycles. The maximum atomic E-state index is 12.1. The van der Waals surface area contributed by atoms with Gasteiger partial charge in [0.05, 0.1) is 0 Å². The first-order valence-electron chi connectivity index (χ1n) is 8.19. The third-order valence-corrected chi connectivity index (χ3v) is 4.20. The Morgan fingerprint density at radius 1 is 1.05 bits per heavy atom. The molecular formula is C19H25NO2. The topological polar surface area (TPSA) is 46.2 Å². The lowest BCUT2D eigenvalue weighted by Crippen LogP contribution is -2.35. The highest BCUT2D eigenvalue weighted by Gasteiger charge is 2.14. The predicted molar refractivity (Wildman–Crippen MR) is 89.0 cm³/mol. The number of ketones is 1. The van der Waals surface area contributed by atoms with Crippen LogP contribution < -0.4 is 5.32 Å². The van der Waals surface area contributed by atoms with Crippen LogP contribution in [-0.2, 0) is 4.79 Å². The highest BCUT2D eigenvalue weighted by molar-refractivity contribution is 6.07. The molecule has 1 aromatic rings. The second-order valence-corrected chi connectivity index (χ2v) is 6.32. The minimum atomic E-state index is -0.168. The molecule has 0 radical (unpaired) electrons. The van der Waals surface area contributed by atoms with Gasteiger partial charge in [0.15, 0.2) is 5.78 Å². The lowest BCUT2D eigenvalue weighted by atomic mass is 9.95. The van der Waals surface area contributed by atoms with Gasteiger partial charge in [-0.1, -0.05) is 57.4 Å². The molecule has 0 aliphatic heterocycles. The molecule has 1 aliphatic rings. The number of nitrogens with one attached hydrogen (secondary N) is 1. The quantitative estimate of drug-likeness (QED) is 0.660. The van der Waals surface area contributed by atoms with Gasteiger partial charge in [-0.3, -0.25) is 9.59 Å². The van der Waals surface area contributed by atoms with Crippen molar-refractivity contribution in [3.05, 3.63) is 47.5 Å². The Kier molecular flexibility index (Phi) is 5.93. The minimum absolute atomic E-state index is 0.130. The molecule has 3 nitrogen and oxygen atoms in total. The minimum Gasteiger partial charge on any atom is -0.350 e. The monoisotopic (exact) mass is 299 g/mol. The summed E-state index contributed by atoms with van der Waals surface area (Å²) in [4.78, 5) is 23.9. The fourth-order valence-electron chi connectivity index (χ4n) is 2.78. The summed E-state index contributed by atoms with van der Waals surface area (Å²) in [6.45, 7) is 4.23. The highest BCUT2D eigenvalue weighted by atomic mass is 16.1. The Morgan fingerprint density at radius 2 is 1.68 bits per heavy atom. The zero-order valence-electron chi connectivity index (χ0n) is 13.5. The lowest BCUT2D eigenvalue weighted by Gasteiger charge is -2.21. The van der Waals surface area contributed by atoms with Crippen molar-refractivity contribution in [3.63, 3.8) is 0 Å². The van der Waals surface area contributed by atoms with Gasteiger partial charge >= 0.3 is 0 Å². The van der Waals surface area contributed by atoms with Crippen LogP contribution in [0.1, 0.15) is 67.8 Å². The number of carbonyl (C=O) groups is 2. The van der Waals surface area contributed by atoms with Crippen molar-refractivity contribution in [2.24, 2.45) is 0 Å². The van der Waals surface area contributed by atoms with Crippen LogP contribution in [0.25, 0.3) is 0 Å². The smallest absolute Gasteiger partial charge is 0.244 e. The van der Waals surface area contributed by atoms with Gasteiger partial charge < -0.3 is 5.32 Å². The number of hydrogen-bond acceptors (Lipinski definition) is 2. The van der Waals surface area contributed by atoms with Crippen molar-refractivity contribution in [2.75, 3.05) is 0 Å². The van der Waals surface area contributed by atoms with Crippen LogP contribution in [0.5, 0.6) is 0 Å². The van der Waals surface area contributed by atoms with Crippen molar-refractivity contribution >= 4 is 11.7 Å². The van der Waals surface area contributed by atoms with E-state index in [1.807, 2.05) is 24.3 Å². The molecule has 1 fully saturated rings. The van der Waals surface area contributed by atoms with Crippen LogP contribution >= 0.6 is 0 Å². The van der Waals surface area contributed by atoms with Gasteiger partial charge in [-0.05, 0) is 30.4 Å². The van der Waals surface area contributed by atoms with E-state index in [1.54, 1.807) is 0 Å². The van der Waals surface area contributed by atoms with Crippen molar-refractivity contribution < 1.29 is 9.59 Å². The molecule has 118 valence electrons. The van der Waals surface area contributed by atoms with Crippen molar-refractivity contribution in [1.29, 1.82) is 0 Å². The summed E-state index contributed by atoms with van der Waals surface area (Å²) in [5, 5.41) is 2.97. The SMILES string of the molecule is CC(C)c1ccc(C(=O)/C=C/C(=O)NC2CCCCC2)cc1. The maximum Gasteiger partial charge on any atom is 0.244 e. The summed E-state index contributed by atoms with van der Waals surface area (Å²) in [5.41, 5.74) is 1.82. The van der Waals surface area contributed by atoms with E-state index in [1.165, 1.54) is 37.0 Å². The molecule has 0 atom stereocenters. The molecular weight excluding hydrogens is 274 g/mol. The molecule has 3 heteroatoms. The van der Waals surface area contributed by atoms with Crippen molar-refractivity contribution in [1.82, 2.24) is 5.32 Å². The van der Waals surface area contributed by atoms with Gasteiger partial charge in [-0.25, -0.2) is 0 Å². The van der Waals surface area contributed by atoms with Crippen LogP contribution in [0.3, 0.4) is 0 Å². The summed E-state index contributed by atoms with van der Waals surface area (Å²) < 4.78 is 0. The third-order valence-electron chi connectivity index (χ3n) is 4.20. The number of amides is 1. The van der Waals surface area contributed by atoms with Gasteiger partial charge in [0, 0.05) is 17.7 Å². The first-order valence-corrected chi connectivity index (χ1v) is 8.19. The van der Waals surface area contributed by atoms with Gasteiger partial charge in [-0.15, -0.1) is 0 Å². The van der Waals surface area contributed by atoms with E-state index >= 15 is 0 Å². The van der Waals surface area contributed by atoms with Crippen LogP contribution in [0.4, 0.5) is 0 Å². The predicted octanol–water partition coefficient (Wildman–Crippen LogP) is 4.00. The lowest BCUT2D eigenvalue weighted by molar-refractivity contribution is -0.117. The summed E-state index contributed by atoms with van der Waals surface area (Å²) in [7, 11) is 0. The zero-order valence-corrected chi connectivity index (χ0v) is 13.5. The first-order chi connectivity index (χ1) is 10.6. The normalized spacial score (nSPS) is 16.1. The fourth-order valence-corrected chi connectivity index (χ4v) is 2.78. The molecule has 0 unspecified atom stereocenters. The van der Waals surface area contributed by atoms with Crippen LogP contribution in [0.15, 0.2) is 36.4 Å². The van der Waals surface area contributed by atoms with E-state index in [-0.39, 0.29) is 17.7 Å². The second-order valence-electron chi connectivity index (χ2n) is 6.32. The van der Waals surface area contributed by atoms with Crippen molar-refractivity contribution in [2.45, 2.75) is 57.9 Å². The molecule has 0 saturated heterocycles. The van der Waals surface area contributed by atoms with E-state index in [9.17, 15) is 9.59 Å². The number of benzene rings is 1. The summed E-state index contributed by atoms with van der Waals surface area (Å²) in [5.74, 6) is 0.147. The summed E-state index contributed by atoms with van der Waals surface area (Å²) >= 11 is 0. The third kappa shape index (κ3) is 4.83. The van der Waals surface area contributed by atoms with E-state index in [0.29, 0.717) is 11.5 Å². The molecule has 0 spiro atoms. The van der Waals surface area contributed by atoms with Gasteiger partial charge in [-0.2, -0.15) is 0 Å². The number of carbonyl (C=O) groups excluding carboxylic acids is 2. The molecule has 1 amide bonds. The summed E-state index contributed by atoms with van der Waals surface area (Å²) in [6.07, 6.45) is 8.42. The molecule has 22 heavy (non-hydrogen) atoms. The average molecular weight is 299 g/mol. The fraction of sp³-hybridized carbons (Fsp3) is 0.474. The molecule has 1 saturated carbocycles. The maximum absolute atomic E-state index is 12.1. The second kappa shape index (κ2) is 7.92.